The van der Waals surface area contributed by atoms with Crippen molar-refractivity contribution in [3.8, 4) is 0 Å². The molecule has 1 aromatic rings. The Labute approximate surface area is 92.4 Å². The Balaban J connectivity index is 2.95. The first-order valence-electron chi connectivity index (χ1n) is 5.43. The van der Waals surface area contributed by atoms with Gasteiger partial charge in [-0.15, -0.1) is 6.58 Å². The lowest BCUT2D eigenvalue weighted by molar-refractivity contribution is 0.584. The Bertz CT molecular complexity index is 331. The predicted molar refractivity (Wildman–Crippen MR) is 64.8 cm³/mol. The van der Waals surface area contributed by atoms with E-state index in [4.69, 9.17) is 0 Å². The quantitative estimate of drug-likeness (QED) is 0.746. The molecule has 0 amide bonds. The highest BCUT2D eigenvalue weighted by Gasteiger charge is 2.12. The van der Waals surface area contributed by atoms with E-state index in [0.29, 0.717) is 6.04 Å². The topological polar surface area (TPSA) is 24.9 Å². The second-order valence-electron chi connectivity index (χ2n) is 3.93. The minimum Gasteiger partial charge on any atom is -0.313 e. The van der Waals surface area contributed by atoms with Crippen LogP contribution in [0.25, 0.3) is 0 Å². The van der Waals surface area contributed by atoms with Crippen molar-refractivity contribution in [2.24, 2.45) is 0 Å². The number of aryl methyl sites for hydroxylation is 1. The summed E-state index contributed by atoms with van der Waals surface area (Å²) in [7, 11) is 1.99. The van der Waals surface area contributed by atoms with Crippen LogP contribution >= 0.6 is 0 Å². The minimum atomic E-state index is 0.362. The number of pyridine rings is 1. The molecule has 0 aliphatic heterocycles. The van der Waals surface area contributed by atoms with Crippen LogP contribution in [0.3, 0.4) is 0 Å². The fraction of sp³-hybridized carbons (Fsp3) is 0.462. The molecule has 0 aromatic carbocycles. The smallest absolute Gasteiger partial charge is 0.0358 e. The normalized spacial score (nSPS) is 12.5. The van der Waals surface area contributed by atoms with Crippen molar-refractivity contribution in [2.75, 3.05) is 7.05 Å². The van der Waals surface area contributed by atoms with Crippen molar-refractivity contribution >= 4 is 0 Å². The molecular formula is C13H20N2. The maximum absolute atomic E-state index is 4.16. The Morgan fingerprint density at radius 3 is 2.87 bits per heavy atom. The first kappa shape index (κ1) is 11.9. The molecule has 1 unspecified atom stereocenters. The standard InChI is InChI=1S/C13H20N2/c1-5-11-9-15-7-6-12(11)13(14-4)8-10(2)3/h6-7,9,13-14H,2,5,8H2,1,3-4H3. The lowest BCUT2D eigenvalue weighted by atomic mass is 9.96. The molecule has 0 fully saturated rings. The number of hydrogen-bond acceptors (Lipinski definition) is 2. The van der Waals surface area contributed by atoms with E-state index in [1.807, 2.05) is 19.4 Å². The number of nitrogens with one attached hydrogen (secondary N) is 1. The number of aromatic nitrogens is 1. The van der Waals surface area contributed by atoms with Gasteiger partial charge >= 0.3 is 0 Å². The number of hydrogen-bond donors (Lipinski definition) is 1. The third-order valence-corrected chi connectivity index (χ3v) is 2.60. The second-order valence-corrected chi connectivity index (χ2v) is 3.93. The van der Waals surface area contributed by atoms with Gasteiger partial charge in [0.1, 0.15) is 0 Å². The number of rotatable bonds is 5. The van der Waals surface area contributed by atoms with Gasteiger partial charge in [-0.3, -0.25) is 4.98 Å². The molecule has 1 atom stereocenters. The summed E-state index contributed by atoms with van der Waals surface area (Å²) in [6.07, 6.45) is 5.82. The Hall–Kier alpha value is -1.15. The van der Waals surface area contributed by atoms with Crippen LogP contribution in [0, 0.1) is 0 Å². The Morgan fingerprint density at radius 2 is 2.33 bits per heavy atom. The molecule has 15 heavy (non-hydrogen) atoms. The summed E-state index contributed by atoms with van der Waals surface area (Å²) in [5.41, 5.74) is 3.87. The van der Waals surface area contributed by atoms with Gasteiger partial charge in [0.05, 0.1) is 0 Å². The molecule has 0 spiro atoms. The number of nitrogens with zero attached hydrogens (tertiary/aromatic N) is 1. The monoisotopic (exact) mass is 204 g/mol. The average Bonchev–Trinajstić information content (AvgIpc) is 2.25. The Morgan fingerprint density at radius 1 is 1.60 bits per heavy atom. The van der Waals surface area contributed by atoms with E-state index < -0.39 is 0 Å². The zero-order valence-electron chi connectivity index (χ0n) is 9.88. The molecule has 0 saturated carbocycles. The summed E-state index contributed by atoms with van der Waals surface area (Å²) in [4.78, 5) is 4.16. The SMILES string of the molecule is C=C(C)CC(NC)c1ccncc1CC. The lowest BCUT2D eigenvalue weighted by Gasteiger charge is -2.19. The van der Waals surface area contributed by atoms with Gasteiger partial charge in [0.2, 0.25) is 0 Å². The highest BCUT2D eigenvalue weighted by molar-refractivity contribution is 5.27. The van der Waals surface area contributed by atoms with Crippen LogP contribution < -0.4 is 5.32 Å². The first-order valence-corrected chi connectivity index (χ1v) is 5.43. The fourth-order valence-electron chi connectivity index (χ4n) is 1.79. The molecular weight excluding hydrogens is 184 g/mol. The van der Waals surface area contributed by atoms with E-state index in [0.717, 1.165) is 12.8 Å². The fourth-order valence-corrected chi connectivity index (χ4v) is 1.79. The van der Waals surface area contributed by atoms with Crippen molar-refractivity contribution in [3.63, 3.8) is 0 Å². The van der Waals surface area contributed by atoms with Gasteiger partial charge in [-0.05, 0) is 44.0 Å². The van der Waals surface area contributed by atoms with E-state index in [2.05, 4.69) is 36.8 Å². The van der Waals surface area contributed by atoms with Crippen LogP contribution in [0.2, 0.25) is 0 Å². The molecule has 1 rings (SSSR count). The van der Waals surface area contributed by atoms with E-state index in [9.17, 15) is 0 Å². The minimum absolute atomic E-state index is 0.362. The molecule has 1 heterocycles. The van der Waals surface area contributed by atoms with Crippen molar-refractivity contribution in [1.82, 2.24) is 10.3 Å². The van der Waals surface area contributed by atoms with Gasteiger partial charge in [-0.2, -0.15) is 0 Å². The van der Waals surface area contributed by atoms with Gasteiger partial charge in [0.25, 0.3) is 0 Å². The van der Waals surface area contributed by atoms with Crippen molar-refractivity contribution in [1.29, 1.82) is 0 Å². The largest absolute Gasteiger partial charge is 0.313 e. The molecule has 1 aromatic heterocycles. The van der Waals surface area contributed by atoms with E-state index >= 15 is 0 Å². The molecule has 0 saturated heterocycles. The van der Waals surface area contributed by atoms with Crippen LogP contribution in [0.1, 0.15) is 37.4 Å². The summed E-state index contributed by atoms with van der Waals surface area (Å²) in [5, 5.41) is 3.34. The third kappa shape index (κ3) is 3.17. The molecule has 0 aliphatic carbocycles. The second kappa shape index (κ2) is 5.66. The molecule has 0 bridgehead atoms. The zero-order chi connectivity index (χ0) is 11.3. The highest BCUT2D eigenvalue weighted by Crippen LogP contribution is 2.22. The molecule has 2 nitrogen and oxygen atoms in total. The summed E-state index contributed by atoms with van der Waals surface area (Å²) >= 11 is 0. The maximum atomic E-state index is 4.16. The predicted octanol–water partition coefficient (Wildman–Crippen LogP) is 2.87. The van der Waals surface area contributed by atoms with Gasteiger partial charge in [0.15, 0.2) is 0 Å². The third-order valence-electron chi connectivity index (χ3n) is 2.60. The first-order chi connectivity index (χ1) is 7.19. The van der Waals surface area contributed by atoms with Crippen molar-refractivity contribution in [2.45, 2.75) is 32.7 Å². The maximum Gasteiger partial charge on any atom is 0.0358 e. The molecule has 2 heteroatoms. The molecule has 0 aliphatic rings. The van der Waals surface area contributed by atoms with Crippen LogP contribution in [0.15, 0.2) is 30.6 Å². The van der Waals surface area contributed by atoms with Crippen LogP contribution in [-0.4, -0.2) is 12.0 Å². The summed E-state index contributed by atoms with van der Waals surface area (Å²) in [5.74, 6) is 0. The van der Waals surface area contributed by atoms with E-state index in [-0.39, 0.29) is 0 Å². The summed E-state index contributed by atoms with van der Waals surface area (Å²) in [6.45, 7) is 8.20. The lowest BCUT2D eigenvalue weighted by Crippen LogP contribution is -2.18. The summed E-state index contributed by atoms with van der Waals surface area (Å²) < 4.78 is 0. The van der Waals surface area contributed by atoms with Crippen molar-refractivity contribution < 1.29 is 0 Å². The molecule has 82 valence electrons. The van der Waals surface area contributed by atoms with Gasteiger partial charge in [0, 0.05) is 18.4 Å². The van der Waals surface area contributed by atoms with E-state index in [1.165, 1.54) is 16.7 Å². The van der Waals surface area contributed by atoms with E-state index in [1.54, 1.807) is 0 Å². The van der Waals surface area contributed by atoms with Gasteiger partial charge < -0.3 is 5.32 Å². The molecule has 1 N–H and O–H groups in total. The van der Waals surface area contributed by atoms with Crippen LogP contribution in [0.4, 0.5) is 0 Å². The van der Waals surface area contributed by atoms with Crippen LogP contribution in [-0.2, 0) is 6.42 Å². The van der Waals surface area contributed by atoms with Crippen molar-refractivity contribution in [3.05, 3.63) is 41.7 Å². The summed E-state index contributed by atoms with van der Waals surface area (Å²) in [6, 6.07) is 2.46. The van der Waals surface area contributed by atoms with Gasteiger partial charge in [-0.1, -0.05) is 12.5 Å². The highest BCUT2D eigenvalue weighted by atomic mass is 14.9. The molecule has 0 radical (unpaired) electrons. The van der Waals surface area contributed by atoms with Crippen LogP contribution in [0.5, 0.6) is 0 Å². The Kier molecular flexibility index (Phi) is 4.50. The zero-order valence-corrected chi connectivity index (χ0v) is 9.88. The average molecular weight is 204 g/mol. The van der Waals surface area contributed by atoms with Gasteiger partial charge in [-0.25, -0.2) is 0 Å².